The van der Waals surface area contributed by atoms with E-state index in [9.17, 15) is 0 Å². The second kappa shape index (κ2) is 6.25. The first kappa shape index (κ1) is 14.0. The number of fused-ring (bicyclic) bond motifs is 1. The maximum atomic E-state index is 4.18. The van der Waals surface area contributed by atoms with Gasteiger partial charge < -0.3 is 0 Å². The highest BCUT2D eigenvalue weighted by Crippen LogP contribution is 2.23. The fourth-order valence-electron chi connectivity index (χ4n) is 2.43. The lowest BCUT2D eigenvalue weighted by Crippen LogP contribution is -2.04. The molecule has 0 saturated heterocycles. The molecule has 7 heteroatoms. The van der Waals surface area contributed by atoms with Crippen molar-refractivity contribution in [3.05, 3.63) is 72.6 Å². The van der Waals surface area contributed by atoms with Gasteiger partial charge in [0, 0.05) is 17.8 Å². The number of hydrazone groups is 1. The van der Waals surface area contributed by atoms with Crippen LogP contribution in [0.1, 0.15) is 5.56 Å². The number of nitrogens with one attached hydrogen (secondary N) is 1. The Morgan fingerprint density at radius 2 is 1.79 bits per heavy atom. The fraction of sp³-hybridized carbons (Fsp3) is 0. The Labute approximate surface area is 137 Å². The Bertz CT molecular complexity index is 987. The highest BCUT2D eigenvalue weighted by atomic mass is 15.6. The van der Waals surface area contributed by atoms with Crippen molar-refractivity contribution in [3.63, 3.8) is 0 Å². The topological polar surface area (TPSA) is 80.9 Å². The highest BCUT2D eigenvalue weighted by Gasteiger charge is 2.10. The smallest absolute Gasteiger partial charge is 0.265 e. The Hall–Kier alpha value is -3.61. The van der Waals surface area contributed by atoms with E-state index in [1.165, 1.54) is 0 Å². The quantitative estimate of drug-likeness (QED) is 0.462. The third-order valence-corrected chi connectivity index (χ3v) is 3.55. The average molecular weight is 315 g/mol. The average Bonchev–Trinajstić information content (AvgIpc) is 3.10. The Kier molecular flexibility index (Phi) is 3.65. The molecule has 0 atom stereocenters. The van der Waals surface area contributed by atoms with E-state index in [-0.39, 0.29) is 0 Å². The molecular formula is C17H13N7. The summed E-state index contributed by atoms with van der Waals surface area (Å²) >= 11 is 0. The Morgan fingerprint density at radius 3 is 2.71 bits per heavy atom. The van der Waals surface area contributed by atoms with Gasteiger partial charge in [-0.05, 0) is 39.6 Å². The molecule has 7 nitrogen and oxygen atoms in total. The molecule has 0 unspecified atom stereocenters. The summed E-state index contributed by atoms with van der Waals surface area (Å²) in [5.74, 6) is 0.441. The molecule has 0 fully saturated rings. The Balaban J connectivity index is 1.66. The lowest BCUT2D eigenvalue weighted by atomic mass is 10.1. The van der Waals surface area contributed by atoms with Gasteiger partial charge >= 0.3 is 0 Å². The fourth-order valence-corrected chi connectivity index (χ4v) is 2.43. The minimum absolute atomic E-state index is 0.441. The van der Waals surface area contributed by atoms with Crippen molar-refractivity contribution in [2.75, 3.05) is 5.43 Å². The molecule has 2 aromatic heterocycles. The second-order valence-electron chi connectivity index (χ2n) is 5.06. The molecular weight excluding hydrogens is 302 g/mol. The van der Waals surface area contributed by atoms with E-state index < -0.39 is 0 Å². The van der Waals surface area contributed by atoms with Gasteiger partial charge in [-0.1, -0.05) is 41.5 Å². The molecule has 0 aliphatic heterocycles. The summed E-state index contributed by atoms with van der Waals surface area (Å²) in [6, 6.07) is 17.8. The first-order valence-corrected chi connectivity index (χ1v) is 7.37. The van der Waals surface area contributed by atoms with Crippen molar-refractivity contribution >= 4 is 22.9 Å². The number of tetrazole rings is 1. The van der Waals surface area contributed by atoms with Gasteiger partial charge in [0.15, 0.2) is 0 Å². The van der Waals surface area contributed by atoms with E-state index in [0.717, 1.165) is 22.0 Å². The number of benzene rings is 2. The molecule has 4 rings (SSSR count). The summed E-state index contributed by atoms with van der Waals surface area (Å²) in [5, 5.41) is 18.2. The van der Waals surface area contributed by atoms with E-state index in [0.29, 0.717) is 5.95 Å². The summed E-state index contributed by atoms with van der Waals surface area (Å²) in [7, 11) is 0. The third kappa shape index (κ3) is 2.70. The largest absolute Gasteiger partial charge is 0.268 e. The lowest BCUT2D eigenvalue weighted by molar-refractivity contribution is 0.794. The van der Waals surface area contributed by atoms with Crippen LogP contribution in [0, 0.1) is 0 Å². The van der Waals surface area contributed by atoms with Gasteiger partial charge in [0.1, 0.15) is 0 Å². The van der Waals surface area contributed by atoms with Crippen molar-refractivity contribution in [1.29, 1.82) is 0 Å². The third-order valence-electron chi connectivity index (χ3n) is 3.55. The van der Waals surface area contributed by atoms with Crippen LogP contribution in [0.4, 0.5) is 5.95 Å². The standard InChI is InChI=1S/C17H13N7/c1-2-6-15-14(4-1)5-3-7-16(15)24-17(21-22-23-24)20-19-12-13-8-10-18-11-9-13/h1-12H,(H,20,21,23)/b19-12-. The first-order chi connectivity index (χ1) is 11.9. The SMILES string of the molecule is C(=N/Nc1nnnn1-c1cccc2ccccc12)/c1ccncc1. The predicted molar refractivity (Wildman–Crippen MR) is 92.1 cm³/mol. The van der Waals surface area contributed by atoms with E-state index in [1.54, 1.807) is 23.3 Å². The van der Waals surface area contributed by atoms with E-state index in [4.69, 9.17) is 0 Å². The first-order valence-electron chi connectivity index (χ1n) is 7.37. The van der Waals surface area contributed by atoms with Gasteiger partial charge in [-0.3, -0.25) is 4.98 Å². The van der Waals surface area contributed by atoms with Crippen molar-refractivity contribution < 1.29 is 0 Å². The van der Waals surface area contributed by atoms with Crippen molar-refractivity contribution in [3.8, 4) is 5.69 Å². The van der Waals surface area contributed by atoms with Crippen molar-refractivity contribution in [1.82, 2.24) is 25.2 Å². The molecule has 116 valence electrons. The molecule has 2 aromatic carbocycles. The van der Waals surface area contributed by atoms with E-state index >= 15 is 0 Å². The molecule has 0 spiro atoms. The maximum absolute atomic E-state index is 4.18. The molecule has 24 heavy (non-hydrogen) atoms. The molecule has 1 N–H and O–H groups in total. The zero-order valence-corrected chi connectivity index (χ0v) is 12.6. The van der Waals surface area contributed by atoms with Crippen LogP contribution in [0.15, 0.2) is 72.1 Å². The summed E-state index contributed by atoms with van der Waals surface area (Å²) in [4.78, 5) is 3.97. The number of nitrogens with zero attached hydrogens (tertiary/aromatic N) is 6. The van der Waals surface area contributed by atoms with Crippen molar-refractivity contribution in [2.45, 2.75) is 0 Å². The van der Waals surface area contributed by atoms with Crippen molar-refractivity contribution in [2.24, 2.45) is 5.10 Å². The van der Waals surface area contributed by atoms with Crippen LogP contribution < -0.4 is 5.43 Å². The minimum Gasteiger partial charge on any atom is -0.265 e. The Morgan fingerprint density at radius 1 is 0.958 bits per heavy atom. The number of hydrogen-bond acceptors (Lipinski definition) is 6. The molecule has 0 saturated carbocycles. The van der Waals surface area contributed by atoms with Crippen LogP contribution in [0.25, 0.3) is 16.5 Å². The number of aromatic nitrogens is 5. The van der Waals surface area contributed by atoms with Crippen LogP contribution >= 0.6 is 0 Å². The van der Waals surface area contributed by atoms with Gasteiger partial charge in [-0.2, -0.15) is 9.78 Å². The van der Waals surface area contributed by atoms with Gasteiger partial charge in [0.05, 0.1) is 11.9 Å². The minimum atomic E-state index is 0.441. The summed E-state index contributed by atoms with van der Waals surface area (Å²) in [5.41, 5.74) is 4.70. The number of anilines is 1. The monoisotopic (exact) mass is 315 g/mol. The number of pyridine rings is 1. The summed E-state index contributed by atoms with van der Waals surface area (Å²) in [6.45, 7) is 0. The predicted octanol–water partition coefficient (Wildman–Crippen LogP) is 2.66. The van der Waals surface area contributed by atoms with Crippen LogP contribution in [0.5, 0.6) is 0 Å². The summed E-state index contributed by atoms with van der Waals surface area (Å²) < 4.78 is 1.63. The van der Waals surface area contributed by atoms with E-state index in [2.05, 4.69) is 43.2 Å². The van der Waals surface area contributed by atoms with E-state index in [1.807, 2.05) is 42.5 Å². The van der Waals surface area contributed by atoms with Crippen LogP contribution in [-0.4, -0.2) is 31.4 Å². The highest BCUT2D eigenvalue weighted by molar-refractivity contribution is 5.90. The molecule has 4 aromatic rings. The van der Waals surface area contributed by atoms with Crippen LogP contribution in [0.3, 0.4) is 0 Å². The lowest BCUT2D eigenvalue weighted by Gasteiger charge is -2.07. The molecule has 0 radical (unpaired) electrons. The second-order valence-corrected chi connectivity index (χ2v) is 5.06. The molecule has 0 aliphatic carbocycles. The van der Waals surface area contributed by atoms with Gasteiger partial charge in [0.25, 0.3) is 5.95 Å². The van der Waals surface area contributed by atoms with Gasteiger partial charge in [0.2, 0.25) is 0 Å². The molecule has 0 aliphatic rings. The van der Waals surface area contributed by atoms with Gasteiger partial charge in [-0.25, -0.2) is 5.43 Å². The molecule has 0 amide bonds. The van der Waals surface area contributed by atoms with Crippen LogP contribution in [0.2, 0.25) is 0 Å². The maximum Gasteiger partial charge on any atom is 0.268 e. The summed E-state index contributed by atoms with van der Waals surface area (Å²) in [6.07, 6.45) is 5.10. The molecule has 0 bridgehead atoms. The van der Waals surface area contributed by atoms with Crippen LogP contribution in [-0.2, 0) is 0 Å². The zero-order chi connectivity index (χ0) is 16.2. The molecule has 2 heterocycles. The van der Waals surface area contributed by atoms with Gasteiger partial charge in [-0.15, -0.1) is 0 Å². The zero-order valence-electron chi connectivity index (χ0n) is 12.6. The number of rotatable bonds is 4. The normalized spacial score (nSPS) is 11.2. The number of hydrogen-bond donors (Lipinski definition) is 1.